The quantitative estimate of drug-likeness (QED) is 0.762. The first-order chi connectivity index (χ1) is 6.16. The lowest BCUT2D eigenvalue weighted by molar-refractivity contribution is 0.0859. The Kier molecular flexibility index (Phi) is 3.66. The second-order valence-electron chi connectivity index (χ2n) is 2.68. The fraction of sp³-hybridized carbons (Fsp3) is 0.333. The third-order valence-electron chi connectivity index (χ3n) is 1.77. The molecule has 1 N–H and O–H groups in total. The van der Waals surface area contributed by atoms with Gasteiger partial charge in [0.15, 0.2) is 0 Å². The van der Waals surface area contributed by atoms with Gasteiger partial charge in [0, 0.05) is 10.6 Å². The van der Waals surface area contributed by atoms with Gasteiger partial charge in [0.05, 0.1) is 13.7 Å². The molecule has 13 heavy (non-hydrogen) atoms. The lowest BCUT2D eigenvalue weighted by atomic mass is 10.1. The van der Waals surface area contributed by atoms with Crippen molar-refractivity contribution in [2.75, 3.05) is 7.11 Å². The van der Waals surface area contributed by atoms with Gasteiger partial charge in [-0.25, -0.2) is 4.39 Å². The predicted molar refractivity (Wildman–Crippen MR) is 50.0 cm³/mol. The van der Waals surface area contributed by atoms with Crippen LogP contribution in [0.4, 0.5) is 4.39 Å². The molecule has 0 aliphatic carbocycles. The molecule has 0 saturated carbocycles. The lowest BCUT2D eigenvalue weighted by Gasteiger charge is -2.07. The van der Waals surface area contributed by atoms with E-state index in [0.29, 0.717) is 16.1 Å². The molecule has 0 atom stereocenters. The molecule has 0 unspecified atom stereocenters. The third kappa shape index (κ3) is 2.40. The lowest BCUT2D eigenvalue weighted by Crippen LogP contribution is -2.13. The van der Waals surface area contributed by atoms with Crippen molar-refractivity contribution >= 4 is 11.6 Å². The van der Waals surface area contributed by atoms with Gasteiger partial charge in [0.1, 0.15) is 5.82 Å². The van der Waals surface area contributed by atoms with Gasteiger partial charge in [0.2, 0.25) is 0 Å². The van der Waals surface area contributed by atoms with Crippen LogP contribution in [0.5, 0.6) is 0 Å². The van der Waals surface area contributed by atoms with Gasteiger partial charge in [-0.05, 0) is 18.6 Å². The van der Waals surface area contributed by atoms with E-state index in [1.54, 1.807) is 19.1 Å². The molecule has 0 radical (unpaired) electrons. The number of nitrogens with one attached hydrogen (secondary N) is 1. The molecular weight excluding hydrogens is 193 g/mol. The molecule has 0 aliphatic rings. The predicted octanol–water partition coefficient (Wildman–Crippen LogP) is 2.44. The maximum atomic E-state index is 13.4. The Hall–Kier alpha value is -0.640. The highest BCUT2D eigenvalue weighted by Gasteiger charge is 2.08. The van der Waals surface area contributed by atoms with Crippen LogP contribution in [0.1, 0.15) is 11.1 Å². The van der Waals surface area contributed by atoms with E-state index in [2.05, 4.69) is 10.3 Å². The molecule has 72 valence electrons. The smallest absolute Gasteiger partial charge is 0.132 e. The van der Waals surface area contributed by atoms with Gasteiger partial charge in [-0.1, -0.05) is 17.7 Å². The van der Waals surface area contributed by atoms with Crippen molar-refractivity contribution in [2.45, 2.75) is 13.5 Å². The first kappa shape index (κ1) is 10.4. The van der Waals surface area contributed by atoms with Gasteiger partial charge in [-0.2, -0.15) is 5.48 Å². The molecule has 2 nitrogen and oxygen atoms in total. The van der Waals surface area contributed by atoms with Gasteiger partial charge in [-0.15, -0.1) is 0 Å². The van der Waals surface area contributed by atoms with Crippen LogP contribution in [0.15, 0.2) is 12.1 Å². The SMILES string of the molecule is CONCc1c(Cl)ccc(C)c1F. The number of aryl methyl sites for hydroxylation is 1. The van der Waals surface area contributed by atoms with E-state index < -0.39 is 0 Å². The summed E-state index contributed by atoms with van der Waals surface area (Å²) in [4.78, 5) is 4.62. The van der Waals surface area contributed by atoms with Crippen LogP contribution >= 0.6 is 11.6 Å². The molecular formula is C9H11ClFNO. The highest BCUT2D eigenvalue weighted by Crippen LogP contribution is 2.21. The van der Waals surface area contributed by atoms with Crippen LogP contribution in [0.25, 0.3) is 0 Å². The zero-order valence-corrected chi connectivity index (χ0v) is 8.28. The zero-order valence-electron chi connectivity index (χ0n) is 7.53. The third-order valence-corrected chi connectivity index (χ3v) is 2.13. The summed E-state index contributed by atoms with van der Waals surface area (Å²) in [6.45, 7) is 1.96. The van der Waals surface area contributed by atoms with Crippen molar-refractivity contribution in [3.05, 3.63) is 34.1 Å². The van der Waals surface area contributed by atoms with Crippen LogP contribution in [0, 0.1) is 12.7 Å². The van der Waals surface area contributed by atoms with Gasteiger partial charge < -0.3 is 4.84 Å². The van der Waals surface area contributed by atoms with Crippen molar-refractivity contribution in [3.63, 3.8) is 0 Å². The van der Waals surface area contributed by atoms with E-state index in [1.807, 2.05) is 0 Å². The molecule has 1 aromatic rings. The van der Waals surface area contributed by atoms with Crippen LogP contribution in [0.3, 0.4) is 0 Å². The van der Waals surface area contributed by atoms with E-state index in [0.717, 1.165) is 0 Å². The maximum absolute atomic E-state index is 13.4. The molecule has 0 amide bonds. The fourth-order valence-corrected chi connectivity index (χ4v) is 1.23. The Morgan fingerprint density at radius 3 is 2.85 bits per heavy atom. The van der Waals surface area contributed by atoms with Crippen molar-refractivity contribution in [3.8, 4) is 0 Å². The molecule has 0 aromatic heterocycles. The number of hydrogen-bond donors (Lipinski definition) is 1. The minimum atomic E-state index is -0.281. The molecule has 4 heteroatoms. The van der Waals surface area contributed by atoms with E-state index in [9.17, 15) is 4.39 Å². The largest absolute Gasteiger partial charge is 0.305 e. The number of rotatable bonds is 3. The van der Waals surface area contributed by atoms with E-state index in [4.69, 9.17) is 11.6 Å². The first-order valence-corrected chi connectivity index (χ1v) is 4.24. The first-order valence-electron chi connectivity index (χ1n) is 3.86. The highest BCUT2D eigenvalue weighted by molar-refractivity contribution is 6.31. The molecule has 0 fully saturated rings. The minimum absolute atomic E-state index is 0.267. The summed E-state index contributed by atoms with van der Waals surface area (Å²) in [7, 11) is 1.47. The summed E-state index contributed by atoms with van der Waals surface area (Å²) >= 11 is 5.80. The van der Waals surface area contributed by atoms with Crippen molar-refractivity contribution in [2.24, 2.45) is 0 Å². The van der Waals surface area contributed by atoms with Crippen LogP contribution in [0.2, 0.25) is 5.02 Å². The van der Waals surface area contributed by atoms with Crippen LogP contribution in [-0.4, -0.2) is 7.11 Å². The molecule has 0 saturated heterocycles. The molecule has 0 heterocycles. The number of hydrogen-bond acceptors (Lipinski definition) is 2. The summed E-state index contributed by atoms with van der Waals surface area (Å²) in [5.41, 5.74) is 3.56. The Labute approximate surface area is 81.6 Å². The molecule has 1 aromatic carbocycles. The summed E-state index contributed by atoms with van der Waals surface area (Å²) in [5.74, 6) is -0.281. The summed E-state index contributed by atoms with van der Waals surface area (Å²) in [5, 5.41) is 0.410. The standard InChI is InChI=1S/C9H11ClFNO/c1-6-3-4-8(10)7(9(6)11)5-12-13-2/h3-4,12H,5H2,1-2H3. The van der Waals surface area contributed by atoms with E-state index in [1.165, 1.54) is 7.11 Å². The van der Waals surface area contributed by atoms with Crippen molar-refractivity contribution in [1.29, 1.82) is 0 Å². The van der Waals surface area contributed by atoms with Gasteiger partial charge in [0.25, 0.3) is 0 Å². The van der Waals surface area contributed by atoms with Crippen molar-refractivity contribution < 1.29 is 9.23 Å². The van der Waals surface area contributed by atoms with E-state index in [-0.39, 0.29) is 12.4 Å². The summed E-state index contributed by atoms with van der Waals surface area (Å²) in [6.07, 6.45) is 0. The molecule has 0 aliphatic heterocycles. The van der Waals surface area contributed by atoms with Gasteiger partial charge >= 0.3 is 0 Å². The summed E-state index contributed by atoms with van der Waals surface area (Å²) < 4.78 is 13.4. The average molecular weight is 204 g/mol. The average Bonchev–Trinajstić information content (AvgIpc) is 2.12. The zero-order chi connectivity index (χ0) is 9.84. The molecule has 0 spiro atoms. The second-order valence-corrected chi connectivity index (χ2v) is 3.09. The molecule has 0 bridgehead atoms. The number of halogens is 2. The van der Waals surface area contributed by atoms with E-state index >= 15 is 0 Å². The normalized spacial score (nSPS) is 10.5. The Balaban J connectivity index is 2.96. The minimum Gasteiger partial charge on any atom is -0.305 e. The van der Waals surface area contributed by atoms with Crippen LogP contribution in [-0.2, 0) is 11.4 Å². The Morgan fingerprint density at radius 2 is 2.23 bits per heavy atom. The fourth-order valence-electron chi connectivity index (χ4n) is 1.02. The van der Waals surface area contributed by atoms with Crippen LogP contribution < -0.4 is 5.48 Å². The highest BCUT2D eigenvalue weighted by atomic mass is 35.5. The number of benzene rings is 1. The maximum Gasteiger partial charge on any atom is 0.132 e. The molecule has 1 rings (SSSR count). The Morgan fingerprint density at radius 1 is 1.54 bits per heavy atom. The topological polar surface area (TPSA) is 21.3 Å². The summed E-state index contributed by atoms with van der Waals surface area (Å²) in [6, 6.07) is 3.32. The van der Waals surface area contributed by atoms with Gasteiger partial charge in [-0.3, -0.25) is 0 Å². The van der Waals surface area contributed by atoms with Crippen molar-refractivity contribution in [1.82, 2.24) is 5.48 Å². The Bertz CT molecular complexity index is 304. The second kappa shape index (κ2) is 4.56. The number of hydroxylamine groups is 1. The monoisotopic (exact) mass is 203 g/mol.